The molecule has 1 heterocycles. The van der Waals surface area contributed by atoms with Gasteiger partial charge in [0.1, 0.15) is 0 Å². The third kappa shape index (κ3) is 3.12. The van der Waals surface area contributed by atoms with Gasteiger partial charge in [-0.3, -0.25) is 4.79 Å². The van der Waals surface area contributed by atoms with E-state index in [4.69, 9.17) is 16.7 Å². The average molecular weight is 344 g/mol. The van der Waals surface area contributed by atoms with Gasteiger partial charge in [0.05, 0.1) is 0 Å². The number of hydrogen-bond acceptors (Lipinski definition) is 3. The van der Waals surface area contributed by atoms with Gasteiger partial charge in [-0.1, -0.05) is 17.7 Å². The summed E-state index contributed by atoms with van der Waals surface area (Å²) in [5.74, 6) is -0.0829. The molecule has 3 rings (SSSR count). The third-order valence-corrected chi connectivity index (χ3v) is 6.00. The Labute approximate surface area is 134 Å². The molecule has 120 valence electrons. The lowest BCUT2D eigenvalue weighted by atomic mass is 9.91. The molecule has 1 atom stereocenters. The lowest BCUT2D eigenvalue weighted by Gasteiger charge is -2.30. The first-order valence-corrected chi connectivity index (χ1v) is 9.03. The predicted octanol–water partition coefficient (Wildman–Crippen LogP) is 1.58. The van der Waals surface area contributed by atoms with Crippen molar-refractivity contribution in [2.24, 2.45) is 16.5 Å². The van der Waals surface area contributed by atoms with Gasteiger partial charge in [-0.15, -0.1) is 0 Å². The highest BCUT2D eigenvalue weighted by Crippen LogP contribution is 2.59. The van der Waals surface area contributed by atoms with Crippen molar-refractivity contribution in [3.63, 3.8) is 0 Å². The minimum absolute atomic E-state index is 0.0219. The van der Waals surface area contributed by atoms with Gasteiger partial charge >= 0.3 is 0 Å². The number of piperidine rings is 1. The number of halogens is 1. The highest BCUT2D eigenvalue weighted by atomic mass is 35.5. The third-order valence-electron chi connectivity index (χ3n) is 4.68. The van der Waals surface area contributed by atoms with Crippen molar-refractivity contribution in [3.05, 3.63) is 29.3 Å². The van der Waals surface area contributed by atoms with Gasteiger partial charge in [-0.05, 0) is 42.9 Å². The molecular formula is C14H18ClN3O3S. The number of nitrogens with two attached hydrogens (primary N) is 1. The number of carbonyl (C=O) groups is 1. The highest BCUT2D eigenvalue weighted by molar-refractivity contribution is 7.86. The van der Waals surface area contributed by atoms with E-state index in [1.165, 1.54) is 4.31 Å². The molecule has 1 aliphatic carbocycles. The van der Waals surface area contributed by atoms with Crippen molar-refractivity contribution in [2.75, 3.05) is 18.4 Å². The molecule has 0 radical (unpaired) electrons. The first-order chi connectivity index (χ1) is 10.3. The molecule has 1 amide bonds. The number of carbonyl (C=O) groups excluding carboxylic acids is 1. The van der Waals surface area contributed by atoms with Gasteiger partial charge in [-0.25, -0.2) is 5.14 Å². The number of benzene rings is 1. The Morgan fingerprint density at radius 2 is 2.05 bits per heavy atom. The molecule has 1 aromatic carbocycles. The second kappa shape index (κ2) is 5.49. The van der Waals surface area contributed by atoms with Crippen molar-refractivity contribution in [2.45, 2.75) is 19.3 Å². The number of nitrogens with zero attached hydrogens (tertiary/aromatic N) is 1. The molecule has 0 bridgehead atoms. The Hall–Kier alpha value is -1.15. The predicted molar refractivity (Wildman–Crippen MR) is 84.5 cm³/mol. The maximum absolute atomic E-state index is 12.3. The zero-order chi connectivity index (χ0) is 16.0. The Morgan fingerprint density at radius 3 is 2.64 bits per heavy atom. The zero-order valence-corrected chi connectivity index (χ0v) is 13.5. The first kappa shape index (κ1) is 15.7. The van der Waals surface area contributed by atoms with E-state index in [1.807, 2.05) is 0 Å². The number of anilines is 1. The normalized spacial score (nSPS) is 24.2. The Bertz CT molecular complexity index is 699. The molecule has 22 heavy (non-hydrogen) atoms. The topological polar surface area (TPSA) is 92.5 Å². The molecule has 1 saturated heterocycles. The van der Waals surface area contributed by atoms with Crippen molar-refractivity contribution in [1.82, 2.24) is 4.31 Å². The molecular weight excluding hydrogens is 326 g/mol. The van der Waals surface area contributed by atoms with Gasteiger partial charge in [0.2, 0.25) is 5.91 Å². The maximum Gasteiger partial charge on any atom is 0.276 e. The summed E-state index contributed by atoms with van der Waals surface area (Å²) < 4.78 is 23.9. The van der Waals surface area contributed by atoms with Crippen LogP contribution in [0.3, 0.4) is 0 Å². The molecule has 8 heteroatoms. The van der Waals surface area contributed by atoms with E-state index >= 15 is 0 Å². The fourth-order valence-corrected chi connectivity index (χ4v) is 4.13. The van der Waals surface area contributed by atoms with Gasteiger partial charge in [0.25, 0.3) is 10.2 Å². The van der Waals surface area contributed by atoms with Crippen LogP contribution in [0.2, 0.25) is 5.02 Å². The molecule has 2 fully saturated rings. The molecule has 6 nitrogen and oxygen atoms in total. The van der Waals surface area contributed by atoms with Crippen LogP contribution in [0.25, 0.3) is 0 Å². The summed E-state index contributed by atoms with van der Waals surface area (Å²) in [4.78, 5) is 12.3. The van der Waals surface area contributed by atoms with Crippen LogP contribution in [-0.2, 0) is 15.0 Å². The maximum atomic E-state index is 12.3. The van der Waals surface area contributed by atoms with E-state index in [0.29, 0.717) is 36.6 Å². The lowest BCUT2D eigenvalue weighted by molar-refractivity contribution is -0.118. The SMILES string of the molecule is NS(=O)(=O)N1CCC2(CC1)CC2C(=O)Nc1cccc(Cl)c1. The Morgan fingerprint density at radius 1 is 1.36 bits per heavy atom. The van der Waals surface area contributed by atoms with Crippen molar-refractivity contribution < 1.29 is 13.2 Å². The monoisotopic (exact) mass is 343 g/mol. The quantitative estimate of drug-likeness (QED) is 0.872. The summed E-state index contributed by atoms with van der Waals surface area (Å²) in [6.45, 7) is 0.777. The summed E-state index contributed by atoms with van der Waals surface area (Å²) in [7, 11) is -3.62. The molecule has 0 aromatic heterocycles. The standard InChI is InChI=1S/C14H18ClN3O3S/c15-10-2-1-3-11(8-10)17-13(19)12-9-14(12)4-6-18(7-5-14)22(16,20)21/h1-3,8,12H,4-7,9H2,(H,17,19)(H2,16,20,21). The van der Waals surface area contributed by atoms with E-state index in [-0.39, 0.29) is 17.2 Å². The van der Waals surface area contributed by atoms with Crippen LogP contribution in [0.1, 0.15) is 19.3 Å². The van der Waals surface area contributed by atoms with Crippen LogP contribution in [0.4, 0.5) is 5.69 Å². The lowest BCUT2D eigenvalue weighted by Crippen LogP contribution is -2.43. The molecule has 3 N–H and O–H groups in total. The summed E-state index contributed by atoms with van der Waals surface area (Å²) in [6.07, 6.45) is 2.16. The molecule has 1 saturated carbocycles. The van der Waals surface area contributed by atoms with Crippen LogP contribution in [0, 0.1) is 11.3 Å². The van der Waals surface area contributed by atoms with Crippen LogP contribution >= 0.6 is 11.6 Å². The summed E-state index contributed by atoms with van der Waals surface area (Å²) in [6, 6.07) is 7.03. The Balaban J connectivity index is 1.59. The van der Waals surface area contributed by atoms with E-state index in [9.17, 15) is 13.2 Å². The molecule has 1 unspecified atom stereocenters. The van der Waals surface area contributed by atoms with Gasteiger partial charge in [0.15, 0.2) is 0 Å². The fourth-order valence-electron chi connectivity index (χ4n) is 3.25. The number of amides is 1. The van der Waals surface area contributed by atoms with Crippen molar-refractivity contribution >= 4 is 33.4 Å². The second-order valence-electron chi connectivity index (χ2n) is 6.06. The number of hydrogen-bond donors (Lipinski definition) is 2. The minimum Gasteiger partial charge on any atom is -0.326 e. The summed E-state index contributed by atoms with van der Waals surface area (Å²) in [5.41, 5.74) is 0.616. The summed E-state index contributed by atoms with van der Waals surface area (Å²) >= 11 is 5.90. The van der Waals surface area contributed by atoms with Gasteiger partial charge in [0, 0.05) is 29.7 Å². The van der Waals surface area contributed by atoms with E-state index in [0.717, 1.165) is 6.42 Å². The molecule has 1 aliphatic heterocycles. The molecule has 1 spiro atoms. The number of nitrogens with one attached hydrogen (secondary N) is 1. The molecule has 1 aromatic rings. The van der Waals surface area contributed by atoms with Gasteiger partial charge in [-0.2, -0.15) is 12.7 Å². The number of rotatable bonds is 3. The fraction of sp³-hybridized carbons (Fsp3) is 0.500. The minimum atomic E-state index is -3.62. The van der Waals surface area contributed by atoms with Crippen LogP contribution < -0.4 is 10.5 Å². The zero-order valence-electron chi connectivity index (χ0n) is 12.0. The largest absolute Gasteiger partial charge is 0.326 e. The second-order valence-corrected chi connectivity index (χ2v) is 8.05. The van der Waals surface area contributed by atoms with E-state index < -0.39 is 10.2 Å². The molecule has 2 aliphatic rings. The van der Waals surface area contributed by atoms with Crippen molar-refractivity contribution in [3.8, 4) is 0 Å². The van der Waals surface area contributed by atoms with Crippen LogP contribution in [0.5, 0.6) is 0 Å². The van der Waals surface area contributed by atoms with Crippen molar-refractivity contribution in [1.29, 1.82) is 0 Å². The highest BCUT2D eigenvalue weighted by Gasteiger charge is 2.59. The van der Waals surface area contributed by atoms with Crippen LogP contribution in [0.15, 0.2) is 24.3 Å². The smallest absolute Gasteiger partial charge is 0.276 e. The average Bonchev–Trinajstić information content (AvgIpc) is 3.12. The first-order valence-electron chi connectivity index (χ1n) is 7.14. The van der Waals surface area contributed by atoms with Crippen LogP contribution in [-0.4, -0.2) is 31.7 Å². The van der Waals surface area contributed by atoms with Gasteiger partial charge < -0.3 is 5.32 Å². The Kier molecular flexibility index (Phi) is 3.92. The summed E-state index contributed by atoms with van der Waals surface area (Å²) in [5, 5.41) is 8.59. The van der Waals surface area contributed by atoms with E-state index in [2.05, 4.69) is 5.32 Å². The van der Waals surface area contributed by atoms with E-state index in [1.54, 1.807) is 24.3 Å².